The predicted octanol–water partition coefficient (Wildman–Crippen LogP) is 3.53. The molecule has 1 amide bonds. The summed E-state index contributed by atoms with van der Waals surface area (Å²) in [5.74, 6) is -0.867. The Hall–Kier alpha value is -2.99. The van der Waals surface area contributed by atoms with Gasteiger partial charge in [-0.15, -0.1) is 0 Å². The van der Waals surface area contributed by atoms with E-state index in [0.717, 1.165) is 16.7 Å². The molecular weight excluding hydrogens is 336 g/mol. The van der Waals surface area contributed by atoms with Crippen molar-refractivity contribution in [3.63, 3.8) is 0 Å². The van der Waals surface area contributed by atoms with Crippen molar-refractivity contribution in [2.75, 3.05) is 7.11 Å². The van der Waals surface area contributed by atoms with Crippen molar-refractivity contribution >= 4 is 23.2 Å². The van der Waals surface area contributed by atoms with E-state index in [9.17, 15) is 9.59 Å². The molecule has 0 unspecified atom stereocenters. The van der Waals surface area contributed by atoms with Crippen LogP contribution >= 0.6 is 11.3 Å². The Kier molecular flexibility index (Phi) is 5.20. The Morgan fingerprint density at radius 3 is 2.64 bits per heavy atom. The third-order valence-corrected chi connectivity index (χ3v) is 4.36. The summed E-state index contributed by atoms with van der Waals surface area (Å²) in [6.07, 6.45) is 3.50. The molecule has 0 aliphatic carbocycles. The van der Waals surface area contributed by atoms with Crippen molar-refractivity contribution in [3.05, 3.63) is 76.2 Å². The molecule has 0 saturated heterocycles. The van der Waals surface area contributed by atoms with Crippen LogP contribution in [0.2, 0.25) is 0 Å². The minimum atomic E-state index is -0.535. The van der Waals surface area contributed by atoms with Crippen LogP contribution in [0.25, 0.3) is 11.1 Å². The highest BCUT2D eigenvalue weighted by Crippen LogP contribution is 2.22. The van der Waals surface area contributed by atoms with Crippen molar-refractivity contribution in [2.45, 2.75) is 6.54 Å². The normalized spacial score (nSPS) is 10.3. The second-order valence-corrected chi connectivity index (χ2v) is 6.09. The average molecular weight is 352 g/mol. The molecule has 0 aliphatic heterocycles. The van der Waals surface area contributed by atoms with Crippen molar-refractivity contribution in [3.8, 4) is 11.1 Å². The fraction of sp³-hybridized carbons (Fsp3) is 0.105. The second-order valence-electron chi connectivity index (χ2n) is 5.31. The van der Waals surface area contributed by atoms with E-state index in [0.29, 0.717) is 6.54 Å². The van der Waals surface area contributed by atoms with Gasteiger partial charge in [-0.05, 0) is 46.2 Å². The molecular formula is C19H16N2O3S. The van der Waals surface area contributed by atoms with Gasteiger partial charge >= 0.3 is 5.97 Å². The highest BCUT2D eigenvalue weighted by atomic mass is 32.1. The van der Waals surface area contributed by atoms with Crippen molar-refractivity contribution < 1.29 is 14.3 Å². The van der Waals surface area contributed by atoms with Crippen LogP contribution in [0.3, 0.4) is 0 Å². The highest BCUT2D eigenvalue weighted by Gasteiger charge is 2.16. The minimum absolute atomic E-state index is 0.243. The van der Waals surface area contributed by atoms with Gasteiger partial charge in [0.05, 0.1) is 18.2 Å². The molecule has 0 fully saturated rings. The van der Waals surface area contributed by atoms with E-state index in [2.05, 4.69) is 10.3 Å². The molecule has 6 heteroatoms. The first-order chi connectivity index (χ1) is 12.2. The number of benzene rings is 1. The van der Waals surface area contributed by atoms with Gasteiger partial charge < -0.3 is 10.1 Å². The van der Waals surface area contributed by atoms with Crippen LogP contribution in [0.15, 0.2) is 59.6 Å². The summed E-state index contributed by atoms with van der Waals surface area (Å²) in [6.45, 7) is 0.319. The van der Waals surface area contributed by atoms with Gasteiger partial charge in [0, 0.05) is 24.5 Å². The van der Waals surface area contributed by atoms with Crippen LogP contribution in [0.5, 0.6) is 0 Å². The lowest BCUT2D eigenvalue weighted by molar-refractivity contribution is 0.0596. The van der Waals surface area contributed by atoms with Crippen LogP contribution in [-0.2, 0) is 11.3 Å². The molecule has 0 aliphatic rings. The fourth-order valence-corrected chi connectivity index (χ4v) is 3.08. The maximum atomic E-state index is 12.4. The van der Waals surface area contributed by atoms with E-state index < -0.39 is 5.97 Å². The number of nitrogens with zero attached hydrogens (tertiary/aromatic N) is 1. The summed E-state index contributed by atoms with van der Waals surface area (Å²) < 4.78 is 4.72. The molecule has 5 nitrogen and oxygen atoms in total. The lowest BCUT2D eigenvalue weighted by Gasteiger charge is -2.09. The smallest absolute Gasteiger partial charge is 0.338 e. The number of methoxy groups -OCH3 is 1. The Morgan fingerprint density at radius 1 is 1.12 bits per heavy atom. The van der Waals surface area contributed by atoms with E-state index in [4.69, 9.17) is 4.74 Å². The fourth-order valence-electron chi connectivity index (χ4n) is 2.42. The Balaban J connectivity index is 1.73. The van der Waals surface area contributed by atoms with Gasteiger partial charge in [-0.25, -0.2) is 4.79 Å². The highest BCUT2D eigenvalue weighted by molar-refractivity contribution is 7.08. The topological polar surface area (TPSA) is 68.3 Å². The molecule has 0 bridgehead atoms. The number of esters is 1. The first kappa shape index (κ1) is 16.9. The van der Waals surface area contributed by atoms with E-state index in [-0.39, 0.29) is 17.0 Å². The number of ether oxygens (including phenoxy) is 1. The Bertz CT molecular complexity index is 891. The lowest BCUT2D eigenvalue weighted by Crippen LogP contribution is -2.25. The van der Waals surface area contributed by atoms with Gasteiger partial charge in [0.15, 0.2) is 0 Å². The van der Waals surface area contributed by atoms with Crippen LogP contribution < -0.4 is 5.32 Å². The van der Waals surface area contributed by atoms with Crippen LogP contribution in [-0.4, -0.2) is 24.0 Å². The molecule has 3 aromatic rings. The largest absolute Gasteiger partial charge is 0.465 e. The standard InChI is InChI=1S/C19H16N2O3S/c1-24-19(23)17-5-3-2-4-16(17)18(22)21-10-13-8-15(11-20-9-13)14-6-7-25-12-14/h2-9,11-12H,10H2,1H3,(H,21,22). The van der Waals surface area contributed by atoms with Crippen LogP contribution in [0, 0.1) is 0 Å². The molecule has 3 rings (SSSR count). The lowest BCUT2D eigenvalue weighted by atomic mass is 10.1. The molecule has 126 valence electrons. The van der Waals surface area contributed by atoms with Gasteiger partial charge in [-0.2, -0.15) is 11.3 Å². The van der Waals surface area contributed by atoms with Gasteiger partial charge in [0.2, 0.25) is 0 Å². The third-order valence-electron chi connectivity index (χ3n) is 3.68. The van der Waals surface area contributed by atoms with E-state index in [1.807, 2.05) is 22.9 Å². The maximum Gasteiger partial charge on any atom is 0.338 e. The number of hydrogen-bond donors (Lipinski definition) is 1. The van der Waals surface area contributed by atoms with E-state index in [1.165, 1.54) is 7.11 Å². The predicted molar refractivity (Wildman–Crippen MR) is 96.5 cm³/mol. The van der Waals surface area contributed by atoms with Crippen molar-refractivity contribution in [2.24, 2.45) is 0 Å². The third kappa shape index (κ3) is 3.92. The Labute approximate surface area is 149 Å². The Morgan fingerprint density at radius 2 is 1.92 bits per heavy atom. The quantitative estimate of drug-likeness (QED) is 0.713. The molecule has 25 heavy (non-hydrogen) atoms. The van der Waals surface area contributed by atoms with Crippen LogP contribution in [0.4, 0.5) is 0 Å². The number of nitrogens with one attached hydrogen (secondary N) is 1. The number of rotatable bonds is 5. The van der Waals surface area contributed by atoms with E-state index in [1.54, 1.807) is 48.0 Å². The summed E-state index contributed by atoms with van der Waals surface area (Å²) in [7, 11) is 1.29. The first-order valence-corrected chi connectivity index (χ1v) is 8.55. The maximum absolute atomic E-state index is 12.4. The van der Waals surface area contributed by atoms with Gasteiger partial charge in [0.1, 0.15) is 0 Å². The zero-order chi connectivity index (χ0) is 17.6. The molecule has 1 N–H and O–H groups in total. The zero-order valence-electron chi connectivity index (χ0n) is 13.6. The zero-order valence-corrected chi connectivity index (χ0v) is 14.4. The monoisotopic (exact) mass is 352 g/mol. The summed E-state index contributed by atoms with van der Waals surface area (Å²) in [4.78, 5) is 28.4. The average Bonchev–Trinajstić information content (AvgIpc) is 3.20. The van der Waals surface area contributed by atoms with Gasteiger partial charge in [-0.1, -0.05) is 12.1 Å². The molecule has 0 spiro atoms. The molecule has 0 atom stereocenters. The van der Waals surface area contributed by atoms with Crippen molar-refractivity contribution in [1.29, 1.82) is 0 Å². The molecule has 1 aromatic carbocycles. The summed E-state index contributed by atoms with van der Waals surface area (Å²) >= 11 is 1.62. The number of carbonyl (C=O) groups is 2. The first-order valence-electron chi connectivity index (χ1n) is 7.61. The molecule has 0 radical (unpaired) electrons. The number of thiophene rings is 1. The van der Waals surface area contributed by atoms with Crippen LogP contribution in [0.1, 0.15) is 26.3 Å². The second kappa shape index (κ2) is 7.72. The number of pyridine rings is 1. The summed E-state index contributed by atoms with van der Waals surface area (Å²) in [6, 6.07) is 10.6. The minimum Gasteiger partial charge on any atom is -0.465 e. The van der Waals surface area contributed by atoms with Gasteiger partial charge in [-0.3, -0.25) is 9.78 Å². The summed E-state index contributed by atoms with van der Waals surface area (Å²) in [5.41, 5.74) is 3.52. The van der Waals surface area contributed by atoms with Crippen molar-refractivity contribution in [1.82, 2.24) is 10.3 Å². The number of hydrogen-bond acceptors (Lipinski definition) is 5. The number of amides is 1. The number of aromatic nitrogens is 1. The molecule has 0 saturated carbocycles. The summed E-state index contributed by atoms with van der Waals surface area (Å²) in [5, 5.41) is 6.88. The number of carbonyl (C=O) groups excluding carboxylic acids is 2. The SMILES string of the molecule is COC(=O)c1ccccc1C(=O)NCc1cncc(-c2ccsc2)c1. The van der Waals surface area contributed by atoms with E-state index >= 15 is 0 Å². The molecule has 2 aromatic heterocycles. The van der Waals surface area contributed by atoms with Gasteiger partial charge in [0.25, 0.3) is 5.91 Å². The molecule has 2 heterocycles.